The van der Waals surface area contributed by atoms with Crippen LogP contribution in [-0.4, -0.2) is 28.7 Å². The van der Waals surface area contributed by atoms with Crippen molar-refractivity contribution in [3.63, 3.8) is 0 Å². The summed E-state index contributed by atoms with van der Waals surface area (Å²) >= 11 is 0. The highest BCUT2D eigenvalue weighted by Crippen LogP contribution is 2.32. The van der Waals surface area contributed by atoms with Crippen molar-refractivity contribution in [1.82, 2.24) is 28.7 Å². The van der Waals surface area contributed by atoms with Gasteiger partial charge in [0.15, 0.2) is 0 Å². The van der Waals surface area contributed by atoms with Crippen molar-refractivity contribution in [2.45, 2.75) is 0 Å². The second-order valence-electron chi connectivity index (χ2n) is 8.80. The Labute approximate surface area is 208 Å². The number of aromatic amines is 3. The van der Waals surface area contributed by atoms with Crippen LogP contribution in [0.3, 0.4) is 0 Å². The summed E-state index contributed by atoms with van der Waals surface area (Å²) in [6, 6.07) is 25.8. The molecule has 0 saturated carbocycles. The smallest absolute Gasteiger partial charge is 0.0543 e. The van der Waals surface area contributed by atoms with Crippen molar-refractivity contribution >= 4 is 0 Å². The first kappa shape index (κ1) is 20.3. The van der Waals surface area contributed by atoms with E-state index in [9.17, 15) is 0 Å². The van der Waals surface area contributed by atoms with Gasteiger partial charge < -0.3 is 28.7 Å². The van der Waals surface area contributed by atoms with E-state index in [1.54, 1.807) is 0 Å². The Bertz CT molecular complexity index is 1500. The molecule has 0 aliphatic carbocycles. The minimum Gasteiger partial charge on any atom is -0.367 e. The Hall–Kier alpha value is -5.10. The number of benzene rings is 1. The Morgan fingerprint density at radius 2 is 0.750 bits per heavy atom. The lowest BCUT2D eigenvalue weighted by molar-refractivity contribution is 1.02. The van der Waals surface area contributed by atoms with Crippen molar-refractivity contribution in [2.75, 3.05) is 0 Å². The molecule has 0 bridgehead atoms. The first-order valence-electron chi connectivity index (χ1n) is 11.9. The lowest BCUT2D eigenvalue weighted by Gasteiger charge is -2.17. The Kier molecular flexibility index (Phi) is 4.67. The maximum absolute atomic E-state index is 3.18. The zero-order valence-corrected chi connectivity index (χ0v) is 19.5. The van der Waals surface area contributed by atoms with E-state index in [4.69, 9.17) is 0 Å². The average Bonchev–Trinajstić information content (AvgIpc) is 3.76. The van der Waals surface area contributed by atoms with E-state index in [-0.39, 0.29) is 0 Å². The normalized spacial score (nSPS) is 11.3. The van der Waals surface area contributed by atoms with Crippen molar-refractivity contribution in [3.8, 4) is 50.8 Å². The number of H-pyrrole nitrogens is 3. The van der Waals surface area contributed by atoms with Gasteiger partial charge in [-0.3, -0.25) is 0 Å². The number of aromatic nitrogens is 6. The van der Waals surface area contributed by atoms with Crippen LogP contribution in [0.4, 0.5) is 0 Å². The molecule has 0 aliphatic rings. The van der Waals surface area contributed by atoms with Gasteiger partial charge in [0.1, 0.15) is 0 Å². The molecule has 1 aromatic carbocycles. The maximum atomic E-state index is 3.18. The number of hydrogen-bond acceptors (Lipinski definition) is 0. The number of nitrogens with one attached hydrogen (secondary N) is 3. The molecule has 6 aromatic heterocycles. The molecule has 7 rings (SSSR count). The van der Waals surface area contributed by atoms with Crippen LogP contribution in [-0.2, 0) is 0 Å². The first-order valence-corrected chi connectivity index (χ1v) is 11.9. The molecule has 0 saturated heterocycles. The fourth-order valence-corrected chi connectivity index (χ4v) is 4.97. The summed E-state index contributed by atoms with van der Waals surface area (Å²) in [6.07, 6.45) is 18.3. The average molecular weight is 469 g/mol. The zero-order chi connectivity index (χ0) is 23.9. The number of nitrogens with zero attached hydrogens (tertiary/aromatic N) is 3. The zero-order valence-electron chi connectivity index (χ0n) is 19.5. The molecule has 3 N–H and O–H groups in total. The van der Waals surface area contributed by atoms with E-state index in [0.29, 0.717) is 0 Å². The van der Waals surface area contributed by atoms with Crippen LogP contribution in [0.15, 0.2) is 129 Å². The summed E-state index contributed by atoms with van der Waals surface area (Å²) in [5.74, 6) is 0. The molecule has 0 radical (unpaired) electrons. The summed E-state index contributed by atoms with van der Waals surface area (Å²) in [5, 5.41) is 0. The molecular weight excluding hydrogens is 444 g/mol. The molecule has 0 fully saturated rings. The molecule has 0 aliphatic heterocycles. The van der Waals surface area contributed by atoms with Gasteiger partial charge in [-0.05, 0) is 72.8 Å². The summed E-state index contributed by atoms with van der Waals surface area (Å²) < 4.78 is 6.74. The van der Waals surface area contributed by atoms with E-state index in [1.807, 2.05) is 37.2 Å². The third kappa shape index (κ3) is 3.35. The number of hydrogen-bond donors (Lipinski definition) is 3. The highest BCUT2D eigenvalue weighted by Gasteiger charge is 2.14. The SMILES string of the molecule is c1cc(-c2cc[nH]c2)n(-c2cc(-n3cccc3-c3cc[nH]c3)cc(-n3cccc3-c3cc[nH]c3)c2)c1. The minimum absolute atomic E-state index is 1.09. The molecule has 7 aromatic rings. The van der Waals surface area contributed by atoms with Crippen LogP contribution in [0.5, 0.6) is 0 Å². The van der Waals surface area contributed by atoms with E-state index >= 15 is 0 Å². The molecule has 174 valence electrons. The summed E-state index contributed by atoms with van der Waals surface area (Å²) in [7, 11) is 0. The summed E-state index contributed by atoms with van der Waals surface area (Å²) in [4.78, 5) is 9.55. The molecule has 6 heterocycles. The molecule has 0 spiro atoms. The highest BCUT2D eigenvalue weighted by molar-refractivity contribution is 5.69. The monoisotopic (exact) mass is 468 g/mol. The van der Waals surface area contributed by atoms with Crippen LogP contribution in [0.25, 0.3) is 50.8 Å². The van der Waals surface area contributed by atoms with Gasteiger partial charge in [-0.25, -0.2) is 0 Å². The van der Waals surface area contributed by atoms with Crippen molar-refractivity contribution < 1.29 is 0 Å². The van der Waals surface area contributed by atoms with E-state index in [1.165, 1.54) is 0 Å². The third-order valence-corrected chi connectivity index (χ3v) is 6.65. The topological polar surface area (TPSA) is 62.2 Å². The van der Waals surface area contributed by atoms with Crippen LogP contribution in [0.1, 0.15) is 0 Å². The van der Waals surface area contributed by atoms with Crippen molar-refractivity contribution in [2.24, 2.45) is 0 Å². The van der Waals surface area contributed by atoms with Gasteiger partial charge in [0, 0.05) is 89.5 Å². The summed E-state index contributed by atoms with van der Waals surface area (Å²) in [5.41, 5.74) is 10.1. The quantitative estimate of drug-likeness (QED) is 0.234. The standard InChI is InChI=1S/C30H24N6/c1-4-28(22-7-10-31-19-22)34(13-1)25-16-26(35-14-2-5-29(35)23-8-11-32-20-23)18-27(17-25)36-15-3-6-30(36)24-9-12-33-21-24/h1-21,31-33H. The molecule has 0 amide bonds. The van der Waals surface area contributed by atoms with Gasteiger partial charge in [0.05, 0.1) is 17.1 Å². The van der Waals surface area contributed by atoms with Crippen LogP contribution < -0.4 is 0 Å². The van der Waals surface area contributed by atoms with Gasteiger partial charge in [0.2, 0.25) is 0 Å². The Balaban J connectivity index is 1.45. The van der Waals surface area contributed by atoms with E-state index in [0.717, 1.165) is 50.8 Å². The Morgan fingerprint density at radius 1 is 0.417 bits per heavy atom. The van der Waals surface area contributed by atoms with Gasteiger partial charge in [-0.1, -0.05) is 0 Å². The van der Waals surface area contributed by atoms with E-state index < -0.39 is 0 Å². The maximum Gasteiger partial charge on any atom is 0.0543 e. The largest absolute Gasteiger partial charge is 0.367 e. The molecule has 36 heavy (non-hydrogen) atoms. The summed E-state index contributed by atoms with van der Waals surface area (Å²) in [6.45, 7) is 0. The van der Waals surface area contributed by atoms with Gasteiger partial charge >= 0.3 is 0 Å². The number of rotatable bonds is 6. The third-order valence-electron chi connectivity index (χ3n) is 6.65. The van der Waals surface area contributed by atoms with Crippen LogP contribution in [0.2, 0.25) is 0 Å². The van der Waals surface area contributed by atoms with Gasteiger partial charge in [0.25, 0.3) is 0 Å². The predicted molar refractivity (Wildman–Crippen MR) is 144 cm³/mol. The molecule has 0 atom stereocenters. The van der Waals surface area contributed by atoms with Crippen molar-refractivity contribution in [1.29, 1.82) is 0 Å². The molecule has 0 unspecified atom stereocenters. The molecular formula is C30H24N6. The van der Waals surface area contributed by atoms with Crippen LogP contribution in [0, 0.1) is 0 Å². The molecule has 6 heteroatoms. The lowest BCUT2D eigenvalue weighted by atomic mass is 10.1. The van der Waals surface area contributed by atoms with Gasteiger partial charge in [-0.2, -0.15) is 0 Å². The second-order valence-corrected chi connectivity index (χ2v) is 8.80. The fraction of sp³-hybridized carbons (Fsp3) is 0. The van der Waals surface area contributed by atoms with Crippen LogP contribution >= 0.6 is 0 Å². The lowest BCUT2D eigenvalue weighted by Crippen LogP contribution is -2.03. The van der Waals surface area contributed by atoms with Gasteiger partial charge in [-0.15, -0.1) is 0 Å². The first-order chi connectivity index (χ1) is 17.8. The highest BCUT2D eigenvalue weighted by atomic mass is 15.0. The minimum atomic E-state index is 1.09. The Morgan fingerprint density at radius 3 is 1.03 bits per heavy atom. The second kappa shape index (κ2) is 8.29. The molecule has 6 nitrogen and oxygen atoms in total. The van der Waals surface area contributed by atoms with E-state index in [2.05, 4.69) is 120 Å². The fourth-order valence-electron chi connectivity index (χ4n) is 4.97. The predicted octanol–water partition coefficient (Wildman–Crippen LogP) is 7.04. The van der Waals surface area contributed by atoms with Crippen molar-refractivity contribution in [3.05, 3.63) is 129 Å².